The minimum absolute atomic E-state index is 0.0540. The minimum Gasteiger partial charge on any atom is -0.465 e. The fraction of sp³-hybridized carbons (Fsp3) is 0.304. The number of rotatable bonds is 5. The summed E-state index contributed by atoms with van der Waals surface area (Å²) in [6.45, 7) is 2.04. The van der Waals surface area contributed by atoms with Gasteiger partial charge in [0.1, 0.15) is 23.6 Å². The standard InChI is InChI=1S/C23H22F3N5O3/c1-12(14-4-3-5-15(18(14)24)19(25)26)29-20-17-10-16(13-6-8-31(9-7-13)23(33)34)22(32)30(2)21(17)28-11-27-20/h3-6,10-12,19H,7-9H2,1-2H3,(H,33,34)(H,27,28,29)/t12-/m1/s1. The highest BCUT2D eigenvalue weighted by Gasteiger charge is 2.23. The van der Waals surface area contributed by atoms with Crippen LogP contribution in [0.4, 0.5) is 23.8 Å². The van der Waals surface area contributed by atoms with E-state index in [0.717, 1.165) is 6.07 Å². The minimum atomic E-state index is -2.94. The van der Waals surface area contributed by atoms with Crippen molar-refractivity contribution < 1.29 is 23.1 Å². The van der Waals surface area contributed by atoms with Crippen molar-refractivity contribution in [2.45, 2.75) is 25.8 Å². The summed E-state index contributed by atoms with van der Waals surface area (Å²) in [5, 5.41) is 12.7. The Labute approximate surface area is 192 Å². The normalized spacial score (nSPS) is 14.9. The van der Waals surface area contributed by atoms with Gasteiger partial charge in [0.15, 0.2) is 0 Å². The lowest BCUT2D eigenvalue weighted by Crippen LogP contribution is -2.34. The van der Waals surface area contributed by atoms with Crippen LogP contribution in [-0.2, 0) is 7.05 Å². The lowest BCUT2D eigenvalue weighted by molar-refractivity contribution is 0.146. The molecule has 1 amide bonds. The third kappa shape index (κ3) is 4.20. The van der Waals surface area contributed by atoms with E-state index in [0.29, 0.717) is 34.4 Å². The van der Waals surface area contributed by atoms with Gasteiger partial charge in [-0.1, -0.05) is 24.3 Å². The van der Waals surface area contributed by atoms with Gasteiger partial charge in [-0.05, 0) is 25.0 Å². The molecule has 0 bridgehead atoms. The second kappa shape index (κ2) is 9.16. The summed E-state index contributed by atoms with van der Waals surface area (Å²) in [6, 6.07) is 4.75. The highest BCUT2D eigenvalue weighted by molar-refractivity contribution is 5.89. The van der Waals surface area contributed by atoms with Crippen LogP contribution in [0.1, 0.15) is 42.5 Å². The number of pyridine rings is 1. The highest BCUT2D eigenvalue weighted by Crippen LogP contribution is 2.31. The van der Waals surface area contributed by atoms with Crippen LogP contribution < -0.4 is 10.9 Å². The lowest BCUT2D eigenvalue weighted by Gasteiger charge is -2.24. The van der Waals surface area contributed by atoms with Gasteiger partial charge in [0, 0.05) is 31.3 Å². The van der Waals surface area contributed by atoms with Crippen LogP contribution in [0.25, 0.3) is 16.6 Å². The molecule has 1 aliphatic rings. The molecule has 0 aliphatic carbocycles. The number of nitrogens with one attached hydrogen (secondary N) is 1. The summed E-state index contributed by atoms with van der Waals surface area (Å²) in [6.07, 6.45) is -0.646. The van der Waals surface area contributed by atoms with Crippen LogP contribution in [0.2, 0.25) is 0 Å². The number of fused-ring (bicyclic) bond motifs is 1. The van der Waals surface area contributed by atoms with E-state index >= 15 is 0 Å². The van der Waals surface area contributed by atoms with Gasteiger partial charge in [0.05, 0.1) is 17.0 Å². The molecule has 178 valence electrons. The number of aryl methyl sites for hydroxylation is 1. The van der Waals surface area contributed by atoms with E-state index in [1.165, 1.54) is 27.9 Å². The molecule has 0 radical (unpaired) electrons. The molecule has 3 heterocycles. The summed E-state index contributed by atoms with van der Waals surface area (Å²) < 4.78 is 42.3. The number of carbonyl (C=O) groups is 1. The molecule has 34 heavy (non-hydrogen) atoms. The number of benzene rings is 1. The average molecular weight is 473 g/mol. The molecule has 2 aromatic heterocycles. The molecule has 11 heteroatoms. The number of anilines is 1. The van der Waals surface area contributed by atoms with Gasteiger partial charge >= 0.3 is 6.09 Å². The number of aromatic nitrogens is 3. The van der Waals surface area contributed by atoms with Crippen molar-refractivity contribution in [3.8, 4) is 0 Å². The molecule has 0 saturated heterocycles. The molecule has 0 fully saturated rings. The fourth-order valence-electron chi connectivity index (χ4n) is 4.06. The van der Waals surface area contributed by atoms with E-state index in [2.05, 4.69) is 15.3 Å². The van der Waals surface area contributed by atoms with E-state index in [1.54, 1.807) is 26.1 Å². The van der Waals surface area contributed by atoms with Gasteiger partial charge in [-0.3, -0.25) is 9.36 Å². The maximum atomic E-state index is 14.7. The van der Waals surface area contributed by atoms with E-state index in [9.17, 15) is 22.8 Å². The number of alkyl halides is 2. The van der Waals surface area contributed by atoms with Gasteiger partial charge in [0.25, 0.3) is 12.0 Å². The Morgan fingerprint density at radius 3 is 2.62 bits per heavy atom. The molecule has 3 aromatic rings. The molecule has 2 N–H and O–H groups in total. The molecule has 4 rings (SSSR count). The van der Waals surface area contributed by atoms with Crippen molar-refractivity contribution in [1.29, 1.82) is 0 Å². The number of carboxylic acid groups (broad SMARTS) is 1. The maximum Gasteiger partial charge on any atom is 0.407 e. The monoisotopic (exact) mass is 473 g/mol. The Balaban J connectivity index is 1.75. The Morgan fingerprint density at radius 1 is 1.24 bits per heavy atom. The third-order valence-electron chi connectivity index (χ3n) is 5.94. The summed E-state index contributed by atoms with van der Waals surface area (Å²) in [5.74, 6) is -0.681. The molecule has 0 unspecified atom stereocenters. The first-order valence-electron chi connectivity index (χ1n) is 10.5. The Morgan fingerprint density at radius 2 is 1.97 bits per heavy atom. The number of nitrogens with zero attached hydrogens (tertiary/aromatic N) is 4. The lowest BCUT2D eigenvalue weighted by atomic mass is 9.99. The third-order valence-corrected chi connectivity index (χ3v) is 5.94. The first-order chi connectivity index (χ1) is 16.2. The van der Waals surface area contributed by atoms with Crippen LogP contribution in [0, 0.1) is 5.82 Å². The van der Waals surface area contributed by atoms with Crippen molar-refractivity contribution in [3.63, 3.8) is 0 Å². The average Bonchev–Trinajstić information content (AvgIpc) is 2.81. The van der Waals surface area contributed by atoms with E-state index < -0.39 is 29.9 Å². The highest BCUT2D eigenvalue weighted by atomic mass is 19.3. The molecular formula is C23H22F3N5O3. The Bertz CT molecular complexity index is 1360. The number of amides is 1. The summed E-state index contributed by atoms with van der Waals surface area (Å²) in [7, 11) is 1.56. The molecular weight excluding hydrogens is 451 g/mol. The van der Waals surface area contributed by atoms with Gasteiger partial charge in [-0.25, -0.2) is 27.9 Å². The molecule has 8 nitrogen and oxygen atoms in total. The van der Waals surface area contributed by atoms with Gasteiger partial charge < -0.3 is 15.3 Å². The zero-order valence-electron chi connectivity index (χ0n) is 18.4. The van der Waals surface area contributed by atoms with E-state index in [4.69, 9.17) is 5.11 Å². The topological polar surface area (TPSA) is 100 Å². The largest absolute Gasteiger partial charge is 0.465 e. The van der Waals surface area contributed by atoms with Crippen LogP contribution in [0.5, 0.6) is 0 Å². The summed E-state index contributed by atoms with van der Waals surface area (Å²) in [5.41, 5.74) is 0.510. The van der Waals surface area contributed by atoms with Gasteiger partial charge in [0.2, 0.25) is 0 Å². The van der Waals surface area contributed by atoms with Crippen LogP contribution in [0.3, 0.4) is 0 Å². The molecule has 0 saturated carbocycles. The summed E-state index contributed by atoms with van der Waals surface area (Å²) in [4.78, 5) is 33.8. The first-order valence-corrected chi connectivity index (χ1v) is 10.5. The van der Waals surface area contributed by atoms with Gasteiger partial charge in [-0.2, -0.15) is 0 Å². The second-order valence-corrected chi connectivity index (χ2v) is 8.01. The van der Waals surface area contributed by atoms with Crippen molar-refractivity contribution >= 4 is 28.5 Å². The zero-order valence-corrected chi connectivity index (χ0v) is 18.4. The quantitative estimate of drug-likeness (QED) is 0.572. The van der Waals surface area contributed by atoms with Crippen LogP contribution in [0.15, 0.2) is 41.5 Å². The molecule has 0 spiro atoms. The SMILES string of the molecule is C[C@@H](Nc1ncnc2c1cc(C1=CCN(C(=O)O)CC1)c(=O)n2C)c1cccc(C(F)F)c1F. The van der Waals surface area contributed by atoms with Crippen LogP contribution >= 0.6 is 0 Å². The number of halogens is 3. The first kappa shape index (κ1) is 23.3. The van der Waals surface area contributed by atoms with Crippen molar-refractivity contribution in [2.75, 3.05) is 18.4 Å². The molecule has 1 aromatic carbocycles. The Kier molecular flexibility index (Phi) is 6.27. The smallest absolute Gasteiger partial charge is 0.407 e. The predicted molar refractivity (Wildman–Crippen MR) is 120 cm³/mol. The predicted octanol–water partition coefficient (Wildman–Crippen LogP) is 4.35. The Hall–Kier alpha value is -3.89. The van der Waals surface area contributed by atoms with E-state index in [1.807, 2.05) is 0 Å². The summed E-state index contributed by atoms with van der Waals surface area (Å²) >= 11 is 0. The van der Waals surface area contributed by atoms with Crippen molar-refractivity contribution in [3.05, 3.63) is 69.5 Å². The number of hydrogen-bond donors (Lipinski definition) is 2. The fourth-order valence-corrected chi connectivity index (χ4v) is 4.06. The number of hydrogen-bond acceptors (Lipinski definition) is 5. The molecule has 1 atom stereocenters. The van der Waals surface area contributed by atoms with Crippen molar-refractivity contribution in [2.24, 2.45) is 7.05 Å². The van der Waals surface area contributed by atoms with Crippen LogP contribution in [-0.4, -0.2) is 43.7 Å². The molecule has 1 aliphatic heterocycles. The maximum absolute atomic E-state index is 14.7. The zero-order chi connectivity index (χ0) is 24.6. The van der Waals surface area contributed by atoms with Crippen molar-refractivity contribution in [1.82, 2.24) is 19.4 Å². The van der Waals surface area contributed by atoms with Gasteiger partial charge in [-0.15, -0.1) is 0 Å². The second-order valence-electron chi connectivity index (χ2n) is 8.01. The van der Waals surface area contributed by atoms with E-state index in [-0.39, 0.29) is 24.2 Å².